The highest BCUT2D eigenvalue weighted by molar-refractivity contribution is 5.93. The topological polar surface area (TPSA) is 43.3 Å². The number of rotatable bonds is 5. The normalized spacial score (nSPS) is 10.8. The maximum Gasteiger partial charge on any atom is 0.244 e. The molecule has 124 valence electrons. The summed E-state index contributed by atoms with van der Waals surface area (Å²) in [6.45, 7) is 6.95. The van der Waals surface area contributed by atoms with Crippen LogP contribution >= 0.6 is 0 Å². The maximum absolute atomic E-state index is 12.4. The van der Waals surface area contributed by atoms with E-state index >= 15 is 0 Å². The summed E-state index contributed by atoms with van der Waals surface area (Å²) in [6, 6.07) is 13.9. The van der Waals surface area contributed by atoms with Gasteiger partial charge in [-0.3, -0.25) is 4.79 Å². The fourth-order valence-electron chi connectivity index (χ4n) is 2.80. The van der Waals surface area contributed by atoms with Crippen molar-refractivity contribution in [3.8, 4) is 5.75 Å². The summed E-state index contributed by atoms with van der Waals surface area (Å²) in [5.74, 6) is 0.817. The van der Waals surface area contributed by atoms with Crippen molar-refractivity contribution in [3.63, 3.8) is 0 Å². The quantitative estimate of drug-likeness (QED) is 0.761. The Hall–Kier alpha value is -2.75. The van der Waals surface area contributed by atoms with Crippen molar-refractivity contribution >= 4 is 22.5 Å². The summed E-state index contributed by atoms with van der Waals surface area (Å²) in [5, 5.41) is 4.07. The number of aryl methyl sites for hydroxylation is 1. The van der Waals surface area contributed by atoms with Crippen LogP contribution in [0.25, 0.3) is 10.9 Å². The summed E-state index contributed by atoms with van der Waals surface area (Å²) in [7, 11) is 0. The monoisotopic (exact) mass is 322 g/mol. The lowest BCUT2D eigenvalue weighted by Crippen LogP contribution is -2.18. The van der Waals surface area contributed by atoms with Crippen molar-refractivity contribution in [2.75, 3.05) is 11.9 Å². The van der Waals surface area contributed by atoms with E-state index in [1.54, 1.807) is 0 Å². The Morgan fingerprint density at radius 2 is 2.00 bits per heavy atom. The molecule has 0 aliphatic rings. The van der Waals surface area contributed by atoms with Gasteiger partial charge in [-0.1, -0.05) is 12.1 Å². The zero-order valence-corrected chi connectivity index (χ0v) is 14.3. The Labute approximate surface area is 142 Å². The number of ether oxygens (including phenoxy) is 1. The average molecular weight is 322 g/mol. The van der Waals surface area contributed by atoms with Gasteiger partial charge in [0.2, 0.25) is 5.91 Å². The predicted octanol–water partition coefficient (Wildman–Crippen LogP) is 4.30. The Bertz CT molecular complexity index is 880. The number of nitrogens with one attached hydrogen (secondary N) is 1. The van der Waals surface area contributed by atoms with Crippen LogP contribution in [-0.2, 0) is 11.3 Å². The molecular weight excluding hydrogens is 300 g/mol. The number of carbonyl (C=O) groups excluding carboxylic acids is 1. The summed E-state index contributed by atoms with van der Waals surface area (Å²) < 4.78 is 7.47. The van der Waals surface area contributed by atoms with Crippen molar-refractivity contribution in [1.29, 1.82) is 0 Å². The number of amides is 1. The molecule has 1 N–H and O–H groups in total. The van der Waals surface area contributed by atoms with Crippen LogP contribution in [0.1, 0.15) is 18.1 Å². The molecule has 0 unspecified atom stereocenters. The molecular formula is C20H22N2O2. The first-order chi connectivity index (χ1) is 11.6. The third-order valence-electron chi connectivity index (χ3n) is 4.25. The molecule has 1 amide bonds. The lowest BCUT2D eigenvalue weighted by Gasteiger charge is -2.11. The van der Waals surface area contributed by atoms with Crippen LogP contribution in [0.3, 0.4) is 0 Å². The number of hydrogen-bond acceptors (Lipinski definition) is 2. The molecule has 1 aromatic heterocycles. The van der Waals surface area contributed by atoms with Gasteiger partial charge in [-0.2, -0.15) is 0 Å². The summed E-state index contributed by atoms with van der Waals surface area (Å²) in [5.41, 5.74) is 4.16. The molecule has 0 saturated heterocycles. The number of carbonyl (C=O) groups is 1. The molecule has 4 nitrogen and oxygen atoms in total. The molecule has 0 fully saturated rings. The van der Waals surface area contributed by atoms with Crippen molar-refractivity contribution in [3.05, 3.63) is 59.8 Å². The minimum atomic E-state index is -0.0323. The van der Waals surface area contributed by atoms with Crippen LogP contribution < -0.4 is 10.1 Å². The third-order valence-corrected chi connectivity index (χ3v) is 4.25. The number of benzene rings is 2. The Morgan fingerprint density at radius 1 is 1.17 bits per heavy atom. The minimum Gasteiger partial charge on any atom is -0.494 e. The van der Waals surface area contributed by atoms with Crippen molar-refractivity contribution < 1.29 is 9.53 Å². The lowest BCUT2D eigenvalue weighted by molar-refractivity contribution is -0.116. The van der Waals surface area contributed by atoms with Gasteiger partial charge >= 0.3 is 0 Å². The first-order valence-corrected chi connectivity index (χ1v) is 8.16. The molecule has 0 radical (unpaired) electrons. The highest BCUT2D eigenvalue weighted by Crippen LogP contribution is 2.23. The molecule has 24 heavy (non-hydrogen) atoms. The molecule has 0 aliphatic carbocycles. The molecule has 3 rings (SSSR count). The Morgan fingerprint density at radius 3 is 2.79 bits per heavy atom. The van der Waals surface area contributed by atoms with E-state index in [-0.39, 0.29) is 12.5 Å². The highest BCUT2D eigenvalue weighted by Gasteiger charge is 2.09. The molecule has 2 aromatic carbocycles. The van der Waals surface area contributed by atoms with E-state index in [2.05, 4.69) is 5.32 Å². The molecule has 0 aliphatic heterocycles. The second-order valence-corrected chi connectivity index (χ2v) is 5.89. The molecule has 0 saturated carbocycles. The zero-order chi connectivity index (χ0) is 17.1. The first-order valence-electron chi connectivity index (χ1n) is 8.16. The van der Waals surface area contributed by atoms with Crippen LogP contribution in [0.2, 0.25) is 0 Å². The number of anilines is 1. The van der Waals surface area contributed by atoms with E-state index in [9.17, 15) is 4.79 Å². The molecule has 0 spiro atoms. The maximum atomic E-state index is 12.4. The fraction of sp³-hybridized carbons (Fsp3) is 0.250. The largest absolute Gasteiger partial charge is 0.494 e. The standard InChI is InChI=1S/C20H22N2O2/c1-4-24-17-8-9-19-16(12-17)10-11-22(19)13-20(23)21-18-7-5-6-14(2)15(18)3/h5-12H,4,13H2,1-3H3,(H,21,23). The second-order valence-electron chi connectivity index (χ2n) is 5.89. The van der Waals surface area contributed by atoms with Gasteiger partial charge < -0.3 is 14.6 Å². The molecule has 0 bridgehead atoms. The number of nitrogens with zero attached hydrogens (tertiary/aromatic N) is 1. The van der Waals surface area contributed by atoms with E-state index in [4.69, 9.17) is 4.74 Å². The van der Waals surface area contributed by atoms with Gasteiger partial charge in [0, 0.05) is 22.8 Å². The Balaban J connectivity index is 1.77. The summed E-state index contributed by atoms with van der Waals surface area (Å²) in [4.78, 5) is 12.4. The van der Waals surface area contributed by atoms with E-state index in [1.807, 2.05) is 74.0 Å². The van der Waals surface area contributed by atoms with Gasteiger partial charge in [-0.25, -0.2) is 0 Å². The van der Waals surface area contributed by atoms with Crippen LogP contribution in [0, 0.1) is 13.8 Å². The SMILES string of the molecule is CCOc1ccc2c(ccn2CC(=O)Nc2cccc(C)c2C)c1. The highest BCUT2D eigenvalue weighted by atomic mass is 16.5. The predicted molar refractivity (Wildman–Crippen MR) is 97.7 cm³/mol. The van der Waals surface area contributed by atoms with Gasteiger partial charge in [0.25, 0.3) is 0 Å². The van der Waals surface area contributed by atoms with Crippen LogP contribution in [0.4, 0.5) is 5.69 Å². The van der Waals surface area contributed by atoms with Crippen molar-refractivity contribution in [2.24, 2.45) is 0 Å². The molecule has 1 heterocycles. The van der Waals surface area contributed by atoms with Gasteiger partial charge in [0.05, 0.1) is 6.61 Å². The fourth-order valence-corrected chi connectivity index (χ4v) is 2.80. The van der Waals surface area contributed by atoms with E-state index in [0.717, 1.165) is 27.9 Å². The van der Waals surface area contributed by atoms with E-state index in [0.29, 0.717) is 6.61 Å². The summed E-state index contributed by atoms with van der Waals surface area (Å²) in [6.07, 6.45) is 1.93. The lowest BCUT2D eigenvalue weighted by atomic mass is 10.1. The number of aromatic nitrogens is 1. The third kappa shape index (κ3) is 3.27. The van der Waals surface area contributed by atoms with Gasteiger partial charge in [0.15, 0.2) is 0 Å². The molecule has 4 heteroatoms. The van der Waals surface area contributed by atoms with E-state index < -0.39 is 0 Å². The number of fused-ring (bicyclic) bond motifs is 1. The minimum absolute atomic E-state index is 0.0323. The molecule has 0 atom stereocenters. The molecule has 3 aromatic rings. The first kappa shape index (κ1) is 16.1. The zero-order valence-electron chi connectivity index (χ0n) is 14.3. The van der Waals surface area contributed by atoms with Crippen LogP contribution in [0.5, 0.6) is 5.75 Å². The van der Waals surface area contributed by atoms with Crippen LogP contribution in [0.15, 0.2) is 48.7 Å². The van der Waals surface area contributed by atoms with Gasteiger partial charge in [-0.05, 0) is 62.2 Å². The van der Waals surface area contributed by atoms with Crippen molar-refractivity contribution in [2.45, 2.75) is 27.3 Å². The van der Waals surface area contributed by atoms with Crippen molar-refractivity contribution in [1.82, 2.24) is 4.57 Å². The number of hydrogen-bond donors (Lipinski definition) is 1. The van der Waals surface area contributed by atoms with E-state index in [1.165, 1.54) is 5.56 Å². The summed E-state index contributed by atoms with van der Waals surface area (Å²) >= 11 is 0. The second kappa shape index (κ2) is 6.79. The Kier molecular flexibility index (Phi) is 4.56. The van der Waals surface area contributed by atoms with Gasteiger partial charge in [0.1, 0.15) is 12.3 Å². The average Bonchev–Trinajstić information content (AvgIpc) is 2.94. The smallest absolute Gasteiger partial charge is 0.244 e. The van der Waals surface area contributed by atoms with Gasteiger partial charge in [-0.15, -0.1) is 0 Å². The van der Waals surface area contributed by atoms with Crippen LogP contribution in [-0.4, -0.2) is 17.1 Å².